The second-order valence-corrected chi connectivity index (χ2v) is 5.71. The quantitative estimate of drug-likeness (QED) is 0.676. The van der Waals surface area contributed by atoms with Gasteiger partial charge in [0, 0.05) is 12.2 Å². The molecule has 26 heavy (non-hydrogen) atoms. The van der Waals surface area contributed by atoms with E-state index >= 15 is 0 Å². The molecule has 2 heterocycles. The Morgan fingerprint density at radius 1 is 1.15 bits per heavy atom. The number of imidazole rings is 1. The average Bonchev–Trinajstić information content (AvgIpc) is 3.01. The summed E-state index contributed by atoms with van der Waals surface area (Å²) in [5.41, 5.74) is 1.36. The molecule has 0 spiro atoms. The Balaban J connectivity index is 1.98. The van der Waals surface area contributed by atoms with Crippen molar-refractivity contribution in [2.24, 2.45) is 0 Å². The topological polar surface area (TPSA) is 64.9 Å². The maximum absolute atomic E-state index is 12.6. The summed E-state index contributed by atoms with van der Waals surface area (Å²) >= 11 is 0. The summed E-state index contributed by atoms with van der Waals surface area (Å²) in [6.07, 6.45) is -1.05. The SMILES string of the molecule is CCCCn1cnc2c(OCC(F)(F)F)nc(Nc3ccccc3)nc21. The third kappa shape index (κ3) is 4.41. The molecule has 0 fully saturated rings. The molecule has 6 nitrogen and oxygen atoms in total. The van der Waals surface area contributed by atoms with Crippen molar-refractivity contribution >= 4 is 22.8 Å². The van der Waals surface area contributed by atoms with Crippen LogP contribution in [0.3, 0.4) is 0 Å². The van der Waals surface area contributed by atoms with E-state index in [0.717, 1.165) is 12.8 Å². The highest BCUT2D eigenvalue weighted by Gasteiger charge is 2.29. The minimum absolute atomic E-state index is 0.152. The number of unbranched alkanes of at least 4 members (excludes halogenated alkanes) is 1. The highest BCUT2D eigenvalue weighted by Crippen LogP contribution is 2.26. The van der Waals surface area contributed by atoms with Crippen molar-refractivity contribution < 1.29 is 17.9 Å². The number of aryl methyl sites for hydroxylation is 1. The Bertz CT molecular complexity index is 864. The molecule has 2 aromatic heterocycles. The van der Waals surface area contributed by atoms with Gasteiger partial charge in [-0.2, -0.15) is 23.1 Å². The number of rotatable bonds is 7. The lowest BCUT2D eigenvalue weighted by atomic mass is 10.3. The van der Waals surface area contributed by atoms with Crippen molar-refractivity contribution in [1.29, 1.82) is 0 Å². The number of nitrogens with one attached hydrogen (secondary N) is 1. The van der Waals surface area contributed by atoms with E-state index in [1.165, 1.54) is 0 Å². The zero-order valence-electron chi connectivity index (χ0n) is 14.1. The monoisotopic (exact) mass is 365 g/mol. The molecule has 1 aromatic carbocycles. The molecule has 1 N–H and O–H groups in total. The van der Waals surface area contributed by atoms with Gasteiger partial charge in [-0.1, -0.05) is 31.5 Å². The molecule has 9 heteroatoms. The van der Waals surface area contributed by atoms with E-state index in [-0.39, 0.29) is 17.3 Å². The van der Waals surface area contributed by atoms with Crippen LogP contribution in [0, 0.1) is 0 Å². The van der Waals surface area contributed by atoms with Gasteiger partial charge in [0.2, 0.25) is 11.8 Å². The van der Waals surface area contributed by atoms with Gasteiger partial charge in [-0.15, -0.1) is 0 Å². The van der Waals surface area contributed by atoms with Crippen LogP contribution in [0.5, 0.6) is 5.88 Å². The first-order chi connectivity index (χ1) is 12.5. The predicted octanol–water partition coefficient (Wildman–Crippen LogP) is 4.31. The summed E-state index contributed by atoms with van der Waals surface area (Å²) in [7, 11) is 0. The highest BCUT2D eigenvalue weighted by atomic mass is 19.4. The second kappa shape index (κ2) is 7.59. The number of hydrogen-bond donors (Lipinski definition) is 1. The molecule has 3 aromatic rings. The van der Waals surface area contributed by atoms with E-state index in [0.29, 0.717) is 17.9 Å². The molecule has 0 aliphatic carbocycles. The average molecular weight is 365 g/mol. The van der Waals surface area contributed by atoms with E-state index in [9.17, 15) is 13.2 Å². The van der Waals surface area contributed by atoms with Crippen LogP contribution in [0.25, 0.3) is 11.2 Å². The Hall–Kier alpha value is -2.84. The number of alkyl halides is 3. The smallest absolute Gasteiger partial charge is 0.422 e. The molecule has 0 radical (unpaired) electrons. The molecule has 0 saturated carbocycles. The van der Waals surface area contributed by atoms with Gasteiger partial charge in [0.05, 0.1) is 6.33 Å². The van der Waals surface area contributed by atoms with Crippen molar-refractivity contribution in [3.05, 3.63) is 36.7 Å². The number of aromatic nitrogens is 4. The van der Waals surface area contributed by atoms with Gasteiger partial charge >= 0.3 is 6.18 Å². The number of nitrogens with zero attached hydrogens (tertiary/aromatic N) is 4. The summed E-state index contributed by atoms with van der Waals surface area (Å²) in [6.45, 7) is 1.27. The molecule has 0 saturated heterocycles. The molecule has 0 bridgehead atoms. The Labute approximate surface area is 148 Å². The van der Waals surface area contributed by atoms with Gasteiger partial charge in [-0.3, -0.25) is 0 Å². The molecular weight excluding hydrogens is 347 g/mol. The third-order valence-electron chi connectivity index (χ3n) is 3.59. The summed E-state index contributed by atoms with van der Waals surface area (Å²) in [5.74, 6) is -0.0415. The molecule has 0 atom stereocenters. The fourth-order valence-electron chi connectivity index (χ4n) is 2.37. The van der Waals surface area contributed by atoms with Crippen molar-refractivity contribution in [2.45, 2.75) is 32.5 Å². The number of halogens is 3. The largest absolute Gasteiger partial charge is 0.466 e. The fourth-order valence-corrected chi connectivity index (χ4v) is 2.37. The second-order valence-electron chi connectivity index (χ2n) is 5.71. The summed E-state index contributed by atoms with van der Waals surface area (Å²) in [6, 6.07) is 9.12. The van der Waals surface area contributed by atoms with Crippen LogP contribution < -0.4 is 10.1 Å². The number of ether oxygens (including phenoxy) is 1. The first-order valence-electron chi connectivity index (χ1n) is 8.21. The maximum atomic E-state index is 12.6. The van der Waals surface area contributed by atoms with E-state index in [2.05, 4.69) is 20.3 Å². The third-order valence-corrected chi connectivity index (χ3v) is 3.59. The summed E-state index contributed by atoms with van der Waals surface area (Å²) in [5, 5.41) is 2.98. The van der Waals surface area contributed by atoms with Crippen LogP contribution in [-0.4, -0.2) is 32.3 Å². The molecule has 3 rings (SSSR count). The number of anilines is 2. The lowest BCUT2D eigenvalue weighted by Gasteiger charge is -2.11. The first-order valence-corrected chi connectivity index (χ1v) is 8.21. The van der Waals surface area contributed by atoms with Gasteiger partial charge in [0.1, 0.15) is 0 Å². The first kappa shape index (κ1) is 18.0. The zero-order valence-corrected chi connectivity index (χ0v) is 14.1. The van der Waals surface area contributed by atoms with E-state index in [1.54, 1.807) is 23.0 Å². The number of para-hydroxylation sites is 1. The van der Waals surface area contributed by atoms with Crippen LogP contribution in [0.1, 0.15) is 19.8 Å². The molecule has 0 amide bonds. The van der Waals surface area contributed by atoms with Crippen LogP contribution in [0.4, 0.5) is 24.8 Å². The van der Waals surface area contributed by atoms with Gasteiger partial charge < -0.3 is 14.6 Å². The fraction of sp³-hybridized carbons (Fsp3) is 0.353. The predicted molar refractivity (Wildman–Crippen MR) is 91.5 cm³/mol. The minimum Gasteiger partial charge on any atom is -0.466 e. The van der Waals surface area contributed by atoms with Crippen LogP contribution in [-0.2, 0) is 6.54 Å². The van der Waals surface area contributed by atoms with Crippen molar-refractivity contribution in [3.63, 3.8) is 0 Å². The van der Waals surface area contributed by atoms with E-state index < -0.39 is 12.8 Å². The number of hydrogen-bond acceptors (Lipinski definition) is 5. The number of benzene rings is 1. The van der Waals surface area contributed by atoms with Gasteiger partial charge in [-0.25, -0.2) is 4.98 Å². The van der Waals surface area contributed by atoms with Crippen LogP contribution in [0.15, 0.2) is 36.7 Å². The van der Waals surface area contributed by atoms with Gasteiger partial charge in [-0.05, 0) is 18.6 Å². The van der Waals surface area contributed by atoms with Crippen molar-refractivity contribution in [1.82, 2.24) is 19.5 Å². The molecule has 0 aliphatic rings. The van der Waals surface area contributed by atoms with E-state index in [1.807, 2.05) is 25.1 Å². The zero-order chi connectivity index (χ0) is 18.6. The standard InChI is InChI=1S/C17H18F3N5O/c1-2-3-9-25-11-21-13-14(25)23-16(22-12-7-5-4-6-8-12)24-15(13)26-10-17(18,19)20/h4-8,11H,2-3,9-10H2,1H3,(H,22,23,24). The normalized spacial score (nSPS) is 11.7. The maximum Gasteiger partial charge on any atom is 0.422 e. The molecular formula is C17H18F3N5O. The minimum atomic E-state index is -4.46. The summed E-state index contributed by atoms with van der Waals surface area (Å²) < 4.78 is 44.3. The highest BCUT2D eigenvalue weighted by molar-refractivity contribution is 5.78. The van der Waals surface area contributed by atoms with Gasteiger partial charge in [0.25, 0.3) is 0 Å². The Kier molecular flexibility index (Phi) is 5.24. The number of fused-ring (bicyclic) bond motifs is 1. The van der Waals surface area contributed by atoms with Gasteiger partial charge in [0.15, 0.2) is 17.8 Å². The van der Waals surface area contributed by atoms with Crippen molar-refractivity contribution in [2.75, 3.05) is 11.9 Å². The Morgan fingerprint density at radius 2 is 1.92 bits per heavy atom. The van der Waals surface area contributed by atoms with Crippen LogP contribution >= 0.6 is 0 Å². The molecule has 0 unspecified atom stereocenters. The summed E-state index contributed by atoms with van der Waals surface area (Å²) in [4.78, 5) is 12.6. The van der Waals surface area contributed by atoms with E-state index in [4.69, 9.17) is 4.74 Å². The lowest BCUT2D eigenvalue weighted by molar-refractivity contribution is -0.153. The Morgan fingerprint density at radius 3 is 2.62 bits per heavy atom. The lowest BCUT2D eigenvalue weighted by Crippen LogP contribution is -2.20. The van der Waals surface area contributed by atoms with Crippen LogP contribution in [0.2, 0.25) is 0 Å². The van der Waals surface area contributed by atoms with Crippen molar-refractivity contribution in [3.8, 4) is 5.88 Å². The molecule has 0 aliphatic heterocycles. The molecule has 138 valence electrons.